The van der Waals surface area contributed by atoms with E-state index >= 15 is 0 Å². The molecular formula is C22H32N4O3. The number of carbonyl (C=O) groups excluding carboxylic acids is 3. The molecule has 7 heteroatoms. The topological polar surface area (TPSA) is 73.0 Å². The van der Waals surface area contributed by atoms with Crippen molar-refractivity contribution < 1.29 is 14.4 Å². The lowest BCUT2D eigenvalue weighted by Gasteiger charge is -2.39. The lowest BCUT2D eigenvalue weighted by atomic mass is 9.94. The molecule has 7 nitrogen and oxygen atoms in total. The first kappa shape index (κ1) is 21.3. The molecule has 0 saturated carbocycles. The minimum atomic E-state index is 0.0494. The van der Waals surface area contributed by atoms with Crippen LogP contribution in [0.4, 0.5) is 5.69 Å². The van der Waals surface area contributed by atoms with Crippen molar-refractivity contribution >= 4 is 23.8 Å². The fourth-order valence-corrected chi connectivity index (χ4v) is 4.10. The lowest BCUT2D eigenvalue weighted by Crippen LogP contribution is -2.53. The summed E-state index contributed by atoms with van der Waals surface area (Å²) in [5, 5.41) is 2.92. The van der Waals surface area contributed by atoms with E-state index in [0.717, 1.165) is 51.0 Å². The molecule has 0 bridgehead atoms. The number of carbonyl (C=O) groups is 3. The smallest absolute Gasteiger partial charge is 0.234 e. The molecule has 3 rings (SSSR count). The summed E-state index contributed by atoms with van der Waals surface area (Å²) in [5.41, 5.74) is 1.79. The van der Waals surface area contributed by atoms with Crippen LogP contribution < -0.4 is 10.2 Å². The van der Waals surface area contributed by atoms with Crippen molar-refractivity contribution in [3.05, 3.63) is 29.8 Å². The SMILES string of the molecule is CC(C)NC(=O)CN1CCN(C(=O)C2CCN(c3ccc(C=O)cc3)CC2)CC1. The van der Waals surface area contributed by atoms with Crippen LogP contribution in [0.1, 0.15) is 37.0 Å². The fourth-order valence-electron chi connectivity index (χ4n) is 4.10. The number of nitrogens with zero attached hydrogens (tertiary/aromatic N) is 3. The van der Waals surface area contributed by atoms with E-state index in [2.05, 4.69) is 15.1 Å². The molecule has 2 fully saturated rings. The minimum absolute atomic E-state index is 0.0494. The summed E-state index contributed by atoms with van der Waals surface area (Å²) in [6, 6.07) is 7.77. The Morgan fingerprint density at radius 2 is 1.66 bits per heavy atom. The van der Waals surface area contributed by atoms with Crippen LogP contribution in [-0.2, 0) is 9.59 Å². The van der Waals surface area contributed by atoms with E-state index in [4.69, 9.17) is 0 Å². The van der Waals surface area contributed by atoms with Crippen LogP contribution in [0.3, 0.4) is 0 Å². The average molecular weight is 401 g/mol. The third-order valence-electron chi connectivity index (χ3n) is 5.74. The quantitative estimate of drug-likeness (QED) is 0.731. The summed E-state index contributed by atoms with van der Waals surface area (Å²) in [6.07, 6.45) is 2.56. The van der Waals surface area contributed by atoms with Gasteiger partial charge in [0.25, 0.3) is 0 Å². The van der Waals surface area contributed by atoms with Gasteiger partial charge in [0.05, 0.1) is 6.54 Å². The molecule has 2 saturated heterocycles. The van der Waals surface area contributed by atoms with Crippen LogP contribution in [0.5, 0.6) is 0 Å². The van der Waals surface area contributed by atoms with E-state index in [1.165, 1.54) is 0 Å². The number of piperidine rings is 1. The molecule has 2 aliphatic heterocycles. The fraction of sp³-hybridized carbons (Fsp3) is 0.591. The van der Waals surface area contributed by atoms with Crippen molar-refractivity contribution in [2.45, 2.75) is 32.7 Å². The van der Waals surface area contributed by atoms with Gasteiger partial charge >= 0.3 is 0 Å². The van der Waals surface area contributed by atoms with Crippen molar-refractivity contribution in [2.75, 3.05) is 50.7 Å². The maximum Gasteiger partial charge on any atom is 0.234 e. The molecule has 1 aromatic carbocycles. The molecule has 2 aliphatic rings. The molecule has 158 valence electrons. The van der Waals surface area contributed by atoms with Crippen LogP contribution >= 0.6 is 0 Å². The maximum absolute atomic E-state index is 12.9. The molecular weight excluding hydrogens is 368 g/mol. The molecule has 0 spiro atoms. The highest BCUT2D eigenvalue weighted by Crippen LogP contribution is 2.25. The first-order valence-electron chi connectivity index (χ1n) is 10.6. The second kappa shape index (κ2) is 9.87. The van der Waals surface area contributed by atoms with Gasteiger partial charge in [-0.1, -0.05) is 0 Å². The normalized spacial score (nSPS) is 18.7. The highest BCUT2D eigenvalue weighted by Gasteiger charge is 2.30. The van der Waals surface area contributed by atoms with Gasteiger partial charge in [-0.3, -0.25) is 19.3 Å². The highest BCUT2D eigenvalue weighted by atomic mass is 16.2. The number of aldehydes is 1. The molecule has 29 heavy (non-hydrogen) atoms. The highest BCUT2D eigenvalue weighted by molar-refractivity contribution is 5.80. The zero-order valence-electron chi connectivity index (χ0n) is 17.5. The summed E-state index contributed by atoms with van der Waals surface area (Å²) >= 11 is 0. The van der Waals surface area contributed by atoms with Gasteiger partial charge in [-0.15, -0.1) is 0 Å². The monoisotopic (exact) mass is 400 g/mol. The van der Waals surface area contributed by atoms with Gasteiger partial charge in [-0.2, -0.15) is 0 Å². The second-order valence-electron chi connectivity index (χ2n) is 8.29. The van der Waals surface area contributed by atoms with Gasteiger partial charge in [0.1, 0.15) is 6.29 Å². The van der Waals surface area contributed by atoms with Crippen LogP contribution in [0, 0.1) is 5.92 Å². The zero-order chi connectivity index (χ0) is 20.8. The van der Waals surface area contributed by atoms with Crippen LogP contribution in [-0.4, -0.2) is 79.8 Å². The number of rotatable bonds is 6. The number of anilines is 1. The zero-order valence-corrected chi connectivity index (χ0v) is 17.5. The number of hydrogen-bond donors (Lipinski definition) is 1. The van der Waals surface area contributed by atoms with Crippen LogP contribution in [0.25, 0.3) is 0 Å². The molecule has 0 atom stereocenters. The maximum atomic E-state index is 12.9. The standard InChI is InChI=1S/C22H32N4O3/c1-17(2)23-21(28)15-24-11-13-26(14-12-24)22(29)19-7-9-25(10-8-19)20-5-3-18(16-27)4-6-20/h3-6,16-17,19H,7-15H2,1-2H3,(H,23,28). The molecule has 2 amide bonds. The Balaban J connectivity index is 1.43. The van der Waals surface area contributed by atoms with Gasteiger partial charge in [0.2, 0.25) is 11.8 Å². The summed E-state index contributed by atoms with van der Waals surface area (Å²) in [6.45, 7) is 8.92. The molecule has 1 N–H and O–H groups in total. The summed E-state index contributed by atoms with van der Waals surface area (Å²) in [5.74, 6) is 0.386. The van der Waals surface area contributed by atoms with Crippen LogP contribution in [0.2, 0.25) is 0 Å². The van der Waals surface area contributed by atoms with Gasteiger partial charge in [0, 0.05) is 62.5 Å². The average Bonchev–Trinajstić information content (AvgIpc) is 2.73. The third kappa shape index (κ3) is 5.79. The van der Waals surface area contributed by atoms with Gasteiger partial charge < -0.3 is 15.1 Å². The number of piperazine rings is 1. The minimum Gasteiger partial charge on any atom is -0.371 e. The summed E-state index contributed by atoms with van der Waals surface area (Å²) in [4.78, 5) is 42.0. The van der Waals surface area contributed by atoms with Gasteiger partial charge in [-0.05, 0) is 51.0 Å². The van der Waals surface area contributed by atoms with Crippen molar-refractivity contribution in [1.29, 1.82) is 0 Å². The first-order chi connectivity index (χ1) is 14.0. The number of nitrogens with one attached hydrogen (secondary N) is 1. The Kier molecular flexibility index (Phi) is 7.25. The molecule has 1 aromatic rings. The molecule has 0 radical (unpaired) electrons. The van der Waals surface area contributed by atoms with Crippen molar-refractivity contribution in [1.82, 2.24) is 15.1 Å². The molecule has 0 aromatic heterocycles. The van der Waals surface area contributed by atoms with E-state index in [1.807, 2.05) is 43.0 Å². The number of benzene rings is 1. The van der Waals surface area contributed by atoms with Gasteiger partial charge in [0.15, 0.2) is 0 Å². The molecule has 0 aliphatic carbocycles. The Hall–Kier alpha value is -2.41. The van der Waals surface area contributed by atoms with Crippen LogP contribution in [0.15, 0.2) is 24.3 Å². The van der Waals surface area contributed by atoms with E-state index in [-0.39, 0.29) is 23.8 Å². The lowest BCUT2D eigenvalue weighted by molar-refractivity contribution is -0.138. The van der Waals surface area contributed by atoms with E-state index in [1.54, 1.807) is 0 Å². The van der Waals surface area contributed by atoms with Crippen molar-refractivity contribution in [3.63, 3.8) is 0 Å². The summed E-state index contributed by atoms with van der Waals surface area (Å²) < 4.78 is 0. The number of hydrogen-bond acceptors (Lipinski definition) is 5. The molecule has 2 heterocycles. The largest absolute Gasteiger partial charge is 0.371 e. The Morgan fingerprint density at radius 3 is 2.21 bits per heavy atom. The Morgan fingerprint density at radius 1 is 1.03 bits per heavy atom. The Bertz CT molecular complexity index is 703. The predicted octanol–water partition coefficient (Wildman–Crippen LogP) is 1.38. The Labute approximate surface area is 173 Å². The summed E-state index contributed by atoms with van der Waals surface area (Å²) in [7, 11) is 0. The van der Waals surface area contributed by atoms with E-state index < -0.39 is 0 Å². The predicted molar refractivity (Wildman–Crippen MR) is 113 cm³/mol. The second-order valence-corrected chi connectivity index (χ2v) is 8.29. The van der Waals surface area contributed by atoms with Crippen molar-refractivity contribution in [2.24, 2.45) is 5.92 Å². The van der Waals surface area contributed by atoms with E-state index in [0.29, 0.717) is 25.2 Å². The van der Waals surface area contributed by atoms with Gasteiger partial charge in [-0.25, -0.2) is 0 Å². The number of amides is 2. The van der Waals surface area contributed by atoms with Crippen molar-refractivity contribution in [3.8, 4) is 0 Å². The van der Waals surface area contributed by atoms with E-state index in [9.17, 15) is 14.4 Å². The third-order valence-corrected chi connectivity index (χ3v) is 5.74. The first-order valence-corrected chi connectivity index (χ1v) is 10.6. The molecule has 0 unspecified atom stereocenters.